The summed E-state index contributed by atoms with van der Waals surface area (Å²) >= 11 is 1.49. The van der Waals surface area contributed by atoms with Crippen LogP contribution in [0.4, 0.5) is 0 Å². The van der Waals surface area contributed by atoms with Crippen molar-refractivity contribution in [2.45, 2.75) is 11.4 Å². The van der Waals surface area contributed by atoms with Crippen LogP contribution < -0.4 is 0 Å². The SMILES string of the molecule is O=C1c2ccccc2S(=O)(=O)N1Cc1nc(-c2ccsc2)no1. The maximum Gasteiger partial charge on any atom is 0.269 e. The molecule has 0 saturated carbocycles. The molecule has 116 valence electrons. The third kappa shape index (κ3) is 2.16. The van der Waals surface area contributed by atoms with Crippen LogP contribution in [0.15, 0.2) is 50.5 Å². The zero-order chi connectivity index (χ0) is 16.0. The number of nitrogens with zero attached hydrogens (tertiary/aromatic N) is 3. The Labute approximate surface area is 135 Å². The molecule has 9 heteroatoms. The van der Waals surface area contributed by atoms with Crippen LogP contribution in [0.3, 0.4) is 0 Å². The van der Waals surface area contributed by atoms with E-state index in [1.165, 1.54) is 23.5 Å². The number of carbonyl (C=O) groups is 1. The van der Waals surface area contributed by atoms with Crippen LogP contribution in [-0.4, -0.2) is 28.8 Å². The van der Waals surface area contributed by atoms with Crippen LogP contribution in [0.1, 0.15) is 16.2 Å². The van der Waals surface area contributed by atoms with Gasteiger partial charge in [-0.05, 0) is 23.6 Å². The molecule has 0 atom stereocenters. The molecular weight excluding hydrogens is 338 g/mol. The van der Waals surface area contributed by atoms with E-state index in [-0.39, 0.29) is 22.9 Å². The Morgan fingerprint density at radius 1 is 1.22 bits per heavy atom. The maximum atomic E-state index is 12.5. The zero-order valence-corrected chi connectivity index (χ0v) is 13.2. The minimum atomic E-state index is -3.88. The van der Waals surface area contributed by atoms with E-state index >= 15 is 0 Å². The number of hydrogen-bond acceptors (Lipinski definition) is 7. The summed E-state index contributed by atoms with van der Waals surface area (Å²) in [4.78, 5) is 16.5. The van der Waals surface area contributed by atoms with Crippen molar-refractivity contribution in [1.29, 1.82) is 0 Å². The summed E-state index contributed by atoms with van der Waals surface area (Å²) in [7, 11) is -3.88. The van der Waals surface area contributed by atoms with E-state index in [1.54, 1.807) is 12.1 Å². The third-order valence-electron chi connectivity index (χ3n) is 3.44. The molecule has 3 heterocycles. The number of amides is 1. The molecule has 0 bridgehead atoms. The molecule has 7 nitrogen and oxygen atoms in total. The zero-order valence-electron chi connectivity index (χ0n) is 11.5. The first-order valence-corrected chi connectivity index (χ1v) is 8.97. The number of benzene rings is 1. The fourth-order valence-electron chi connectivity index (χ4n) is 2.34. The molecule has 1 aliphatic heterocycles. The lowest BCUT2D eigenvalue weighted by atomic mass is 10.2. The first kappa shape index (κ1) is 14.1. The highest BCUT2D eigenvalue weighted by atomic mass is 32.2. The van der Waals surface area contributed by atoms with Gasteiger partial charge in [0.05, 0.1) is 5.56 Å². The number of fused-ring (bicyclic) bond motifs is 1. The van der Waals surface area contributed by atoms with Crippen molar-refractivity contribution in [3.05, 3.63) is 52.5 Å². The Balaban J connectivity index is 1.67. The first-order chi connectivity index (χ1) is 11.1. The Kier molecular flexibility index (Phi) is 3.06. The number of rotatable bonds is 3. The van der Waals surface area contributed by atoms with Crippen molar-refractivity contribution in [2.75, 3.05) is 0 Å². The van der Waals surface area contributed by atoms with Gasteiger partial charge in [0.15, 0.2) is 0 Å². The number of aromatic nitrogens is 2. The van der Waals surface area contributed by atoms with E-state index in [1.807, 2.05) is 16.8 Å². The summed E-state index contributed by atoms with van der Waals surface area (Å²) in [5.74, 6) is -0.158. The fraction of sp³-hybridized carbons (Fsp3) is 0.0714. The minimum Gasteiger partial charge on any atom is -0.337 e. The summed E-state index contributed by atoms with van der Waals surface area (Å²) in [6.07, 6.45) is 0. The Morgan fingerprint density at radius 3 is 2.78 bits per heavy atom. The maximum absolute atomic E-state index is 12.5. The number of thiophene rings is 1. The second-order valence-corrected chi connectivity index (χ2v) is 7.45. The van der Waals surface area contributed by atoms with E-state index < -0.39 is 15.9 Å². The third-order valence-corrected chi connectivity index (χ3v) is 5.91. The Morgan fingerprint density at radius 2 is 2.04 bits per heavy atom. The van der Waals surface area contributed by atoms with Crippen LogP contribution in [0.25, 0.3) is 11.4 Å². The predicted molar refractivity (Wildman–Crippen MR) is 81.1 cm³/mol. The van der Waals surface area contributed by atoms with Gasteiger partial charge in [0, 0.05) is 10.9 Å². The van der Waals surface area contributed by atoms with Crippen molar-refractivity contribution < 1.29 is 17.7 Å². The summed E-state index contributed by atoms with van der Waals surface area (Å²) < 4.78 is 30.7. The molecule has 3 aromatic rings. The summed E-state index contributed by atoms with van der Waals surface area (Å²) in [5, 5.41) is 7.53. The van der Waals surface area contributed by atoms with E-state index in [4.69, 9.17) is 4.52 Å². The quantitative estimate of drug-likeness (QED) is 0.720. The van der Waals surface area contributed by atoms with Gasteiger partial charge in [-0.3, -0.25) is 4.79 Å². The topological polar surface area (TPSA) is 93.4 Å². The van der Waals surface area contributed by atoms with Gasteiger partial charge in [0.25, 0.3) is 15.9 Å². The van der Waals surface area contributed by atoms with Gasteiger partial charge >= 0.3 is 0 Å². The van der Waals surface area contributed by atoms with Gasteiger partial charge in [-0.15, -0.1) is 0 Å². The summed E-state index contributed by atoms with van der Waals surface area (Å²) in [6, 6.07) is 7.92. The van der Waals surface area contributed by atoms with E-state index in [0.29, 0.717) is 5.82 Å². The molecule has 2 aromatic heterocycles. The number of hydrogen-bond donors (Lipinski definition) is 0. The Bertz CT molecular complexity index is 993. The largest absolute Gasteiger partial charge is 0.337 e. The van der Waals surface area contributed by atoms with Gasteiger partial charge in [-0.2, -0.15) is 16.3 Å². The van der Waals surface area contributed by atoms with E-state index in [0.717, 1.165) is 9.87 Å². The molecule has 1 aromatic carbocycles. The fourth-order valence-corrected chi connectivity index (χ4v) is 4.49. The van der Waals surface area contributed by atoms with Crippen LogP contribution in [0, 0.1) is 0 Å². The summed E-state index contributed by atoms with van der Waals surface area (Å²) in [6.45, 7) is -0.285. The van der Waals surface area contributed by atoms with Gasteiger partial charge in [-0.25, -0.2) is 12.7 Å². The standard InChI is InChI=1S/C14H9N3O4S2/c18-14-10-3-1-2-4-11(10)23(19,20)17(14)7-12-15-13(16-21-12)9-5-6-22-8-9/h1-6,8H,7H2. The number of sulfonamides is 1. The molecule has 1 aliphatic rings. The van der Waals surface area contributed by atoms with Gasteiger partial charge in [-0.1, -0.05) is 17.3 Å². The molecule has 0 radical (unpaired) electrons. The first-order valence-electron chi connectivity index (χ1n) is 6.58. The van der Waals surface area contributed by atoms with Crippen molar-refractivity contribution in [3.63, 3.8) is 0 Å². The highest BCUT2D eigenvalue weighted by Crippen LogP contribution is 2.31. The second kappa shape index (κ2) is 5.00. The van der Waals surface area contributed by atoms with Crippen molar-refractivity contribution in [1.82, 2.24) is 14.4 Å². The molecule has 0 aliphatic carbocycles. The minimum absolute atomic E-state index is 0.00238. The molecule has 0 saturated heterocycles. The van der Waals surface area contributed by atoms with Crippen molar-refractivity contribution in [3.8, 4) is 11.4 Å². The average molecular weight is 347 g/mol. The smallest absolute Gasteiger partial charge is 0.269 e. The molecule has 23 heavy (non-hydrogen) atoms. The van der Waals surface area contributed by atoms with Crippen LogP contribution >= 0.6 is 11.3 Å². The predicted octanol–water partition coefficient (Wildman–Crippen LogP) is 2.14. The molecule has 4 rings (SSSR count). The molecular formula is C14H9N3O4S2. The second-order valence-electron chi connectivity index (χ2n) is 4.84. The lowest BCUT2D eigenvalue weighted by Crippen LogP contribution is -2.29. The molecule has 0 spiro atoms. The van der Waals surface area contributed by atoms with Crippen molar-refractivity contribution in [2.24, 2.45) is 0 Å². The molecule has 1 amide bonds. The lowest BCUT2D eigenvalue weighted by molar-refractivity contribution is 0.0855. The highest BCUT2D eigenvalue weighted by Gasteiger charge is 2.41. The molecule has 0 N–H and O–H groups in total. The van der Waals surface area contributed by atoms with Gasteiger partial charge in [0.2, 0.25) is 11.7 Å². The van der Waals surface area contributed by atoms with Gasteiger partial charge < -0.3 is 4.52 Å². The average Bonchev–Trinajstić information content (AvgIpc) is 3.25. The van der Waals surface area contributed by atoms with E-state index in [9.17, 15) is 13.2 Å². The highest BCUT2D eigenvalue weighted by molar-refractivity contribution is 7.90. The molecule has 0 fully saturated rings. The monoisotopic (exact) mass is 347 g/mol. The van der Waals surface area contributed by atoms with Crippen LogP contribution in [0.2, 0.25) is 0 Å². The van der Waals surface area contributed by atoms with E-state index in [2.05, 4.69) is 10.1 Å². The van der Waals surface area contributed by atoms with Crippen molar-refractivity contribution >= 4 is 27.3 Å². The molecule has 0 unspecified atom stereocenters. The lowest BCUT2D eigenvalue weighted by Gasteiger charge is -2.11. The number of carbonyl (C=O) groups excluding carboxylic acids is 1. The van der Waals surface area contributed by atoms with Gasteiger partial charge in [0.1, 0.15) is 11.4 Å². The van der Waals surface area contributed by atoms with Crippen LogP contribution in [-0.2, 0) is 16.6 Å². The van der Waals surface area contributed by atoms with Crippen LogP contribution in [0.5, 0.6) is 0 Å². The Hall–Kier alpha value is -2.52. The summed E-state index contributed by atoms with van der Waals surface area (Å²) in [5.41, 5.74) is 0.939. The normalized spacial score (nSPS) is 15.8.